The van der Waals surface area contributed by atoms with Crippen molar-refractivity contribution in [3.8, 4) is 5.69 Å². The molecule has 3 aromatic rings. The van der Waals surface area contributed by atoms with Gasteiger partial charge in [-0.25, -0.2) is 18.2 Å². The number of halogens is 4. The number of imidazole rings is 1. The summed E-state index contributed by atoms with van der Waals surface area (Å²) in [6.07, 6.45) is 1.35. The lowest BCUT2D eigenvalue weighted by molar-refractivity contribution is 0.445. The molecule has 0 aliphatic rings. The summed E-state index contributed by atoms with van der Waals surface area (Å²) in [6.45, 7) is 0. The van der Waals surface area contributed by atoms with Gasteiger partial charge in [0.05, 0.1) is 16.2 Å². The summed E-state index contributed by atoms with van der Waals surface area (Å²) in [5.74, 6) is -4.17. The van der Waals surface area contributed by atoms with Crippen LogP contribution in [0, 0.1) is 22.2 Å². The number of hydrogen-bond acceptors (Lipinski definition) is 2. The molecule has 2 aromatic heterocycles. The van der Waals surface area contributed by atoms with Gasteiger partial charge in [0.2, 0.25) is 0 Å². The summed E-state index contributed by atoms with van der Waals surface area (Å²) in [4.78, 5) is 6.80. The van der Waals surface area contributed by atoms with Gasteiger partial charge >= 0.3 is 0 Å². The van der Waals surface area contributed by atoms with Crippen LogP contribution in [0.1, 0.15) is 0 Å². The van der Waals surface area contributed by atoms with Crippen molar-refractivity contribution in [3.63, 3.8) is 0 Å². The highest BCUT2D eigenvalue weighted by Gasteiger charge is 2.18. The lowest BCUT2D eigenvalue weighted by atomic mass is 10.2. The predicted octanol–water partition coefficient (Wildman–Crippen LogP) is 4.15. The first-order valence-corrected chi connectivity index (χ1v) is 6.18. The Labute approximate surface area is 120 Å². The van der Waals surface area contributed by atoms with E-state index in [1.54, 1.807) is 6.07 Å². The van der Waals surface area contributed by atoms with Gasteiger partial charge in [0.15, 0.2) is 27.9 Å². The van der Waals surface area contributed by atoms with Gasteiger partial charge in [-0.2, -0.15) is 0 Å². The summed E-state index contributed by atoms with van der Waals surface area (Å²) in [6, 6.07) is 3.46. The predicted molar refractivity (Wildman–Crippen MR) is 71.1 cm³/mol. The molecule has 3 nitrogen and oxygen atoms in total. The molecule has 0 radical (unpaired) electrons. The monoisotopic (exact) mass is 315 g/mol. The van der Waals surface area contributed by atoms with Crippen LogP contribution < -0.4 is 0 Å². The third kappa shape index (κ3) is 1.90. The van der Waals surface area contributed by atoms with Crippen LogP contribution in [0.25, 0.3) is 16.9 Å². The van der Waals surface area contributed by atoms with Crippen molar-refractivity contribution in [3.05, 3.63) is 51.6 Å². The Hall–Kier alpha value is -1.86. The number of rotatable bonds is 1. The smallest absolute Gasteiger partial charge is 0.196 e. The van der Waals surface area contributed by atoms with E-state index in [9.17, 15) is 13.2 Å². The van der Waals surface area contributed by atoms with Gasteiger partial charge in [0.25, 0.3) is 0 Å². The largest absolute Gasteiger partial charge is 0.329 e. The highest BCUT2D eigenvalue weighted by atomic mass is 35.5. The summed E-state index contributed by atoms with van der Waals surface area (Å²) in [5.41, 5.74) is 0.505. The first-order valence-electron chi connectivity index (χ1n) is 5.39. The minimum atomic E-state index is -1.56. The number of H-pyrrole nitrogens is 1. The maximum Gasteiger partial charge on any atom is 0.196 e. The normalized spacial score (nSPS) is 11.2. The van der Waals surface area contributed by atoms with Crippen molar-refractivity contribution < 1.29 is 13.2 Å². The number of benzene rings is 1. The molecule has 0 saturated carbocycles. The second kappa shape index (κ2) is 4.60. The topological polar surface area (TPSA) is 33.6 Å². The van der Waals surface area contributed by atoms with E-state index in [0.717, 1.165) is 12.1 Å². The van der Waals surface area contributed by atoms with Crippen molar-refractivity contribution in [2.24, 2.45) is 0 Å². The molecule has 2 heterocycles. The van der Waals surface area contributed by atoms with E-state index >= 15 is 0 Å². The maximum atomic E-state index is 13.9. The molecule has 3 rings (SSSR count). The van der Waals surface area contributed by atoms with Gasteiger partial charge in [-0.05, 0) is 30.4 Å². The van der Waals surface area contributed by atoms with Crippen LogP contribution in [-0.2, 0) is 0 Å². The molecule has 0 aliphatic heterocycles. The number of aromatic nitrogens is 3. The van der Waals surface area contributed by atoms with Crippen LogP contribution in [0.4, 0.5) is 13.2 Å². The van der Waals surface area contributed by atoms with Crippen molar-refractivity contribution in [2.45, 2.75) is 0 Å². The molecule has 8 heteroatoms. The molecule has 1 N–H and O–H groups in total. The van der Waals surface area contributed by atoms with E-state index in [2.05, 4.69) is 9.97 Å². The van der Waals surface area contributed by atoms with Crippen LogP contribution in [-0.4, -0.2) is 14.5 Å². The van der Waals surface area contributed by atoms with E-state index in [-0.39, 0.29) is 16.1 Å². The first kappa shape index (κ1) is 13.1. The summed E-state index contributed by atoms with van der Waals surface area (Å²) in [7, 11) is 0. The third-order valence-corrected chi connectivity index (χ3v) is 3.24. The fourth-order valence-electron chi connectivity index (χ4n) is 1.88. The Morgan fingerprint density at radius 1 is 1.20 bits per heavy atom. The lowest BCUT2D eigenvalue weighted by Gasteiger charge is -2.06. The fourth-order valence-corrected chi connectivity index (χ4v) is 2.33. The van der Waals surface area contributed by atoms with Crippen molar-refractivity contribution in [1.82, 2.24) is 14.5 Å². The molecule has 0 bridgehead atoms. The standard InChI is InChI=1S/C12H5ClF3N3S/c13-5-3-7-11(17-4-5)19(12(20)18-7)8-2-1-6(14)9(15)10(8)16/h1-4H,(H,18,20). The molecule has 0 atom stereocenters. The number of fused-ring (bicyclic) bond motifs is 1. The van der Waals surface area contributed by atoms with Gasteiger partial charge in [-0.1, -0.05) is 11.6 Å². The van der Waals surface area contributed by atoms with Gasteiger partial charge in [-0.3, -0.25) is 4.57 Å². The van der Waals surface area contributed by atoms with E-state index in [1.807, 2.05) is 0 Å². The highest BCUT2D eigenvalue weighted by Crippen LogP contribution is 2.24. The second-order valence-corrected chi connectivity index (χ2v) is 4.81. The number of hydrogen-bond donors (Lipinski definition) is 1. The third-order valence-electron chi connectivity index (χ3n) is 2.75. The fraction of sp³-hybridized carbons (Fsp3) is 0. The van der Waals surface area contributed by atoms with Crippen LogP contribution >= 0.6 is 23.8 Å². The molecule has 0 spiro atoms. The van der Waals surface area contributed by atoms with E-state index in [0.29, 0.717) is 10.5 Å². The Balaban J connectivity index is 2.38. The Kier molecular flexibility index (Phi) is 3.02. The van der Waals surface area contributed by atoms with E-state index < -0.39 is 17.5 Å². The van der Waals surface area contributed by atoms with Gasteiger partial charge in [-0.15, -0.1) is 0 Å². The molecule has 20 heavy (non-hydrogen) atoms. The van der Waals surface area contributed by atoms with Crippen LogP contribution in [0.3, 0.4) is 0 Å². The van der Waals surface area contributed by atoms with Crippen LogP contribution in [0.15, 0.2) is 24.4 Å². The molecular formula is C12H5ClF3N3S. The molecule has 102 valence electrons. The number of nitrogens with zero attached hydrogens (tertiary/aromatic N) is 2. The zero-order valence-corrected chi connectivity index (χ0v) is 11.2. The molecule has 0 unspecified atom stereocenters. The zero-order valence-electron chi connectivity index (χ0n) is 9.62. The van der Waals surface area contributed by atoms with Gasteiger partial charge in [0, 0.05) is 6.20 Å². The minimum Gasteiger partial charge on any atom is -0.329 e. The zero-order chi connectivity index (χ0) is 14.4. The molecule has 0 fully saturated rings. The Morgan fingerprint density at radius 2 is 1.95 bits per heavy atom. The molecular weight excluding hydrogens is 311 g/mol. The maximum absolute atomic E-state index is 13.9. The van der Waals surface area contributed by atoms with E-state index in [4.69, 9.17) is 23.8 Å². The molecule has 1 aromatic carbocycles. The Morgan fingerprint density at radius 3 is 2.70 bits per heavy atom. The van der Waals surface area contributed by atoms with Crippen molar-refractivity contribution in [1.29, 1.82) is 0 Å². The first-order chi connectivity index (χ1) is 9.49. The van der Waals surface area contributed by atoms with Crippen molar-refractivity contribution >= 4 is 35.0 Å². The van der Waals surface area contributed by atoms with Crippen LogP contribution in [0.2, 0.25) is 5.02 Å². The second-order valence-electron chi connectivity index (χ2n) is 3.98. The lowest BCUT2D eigenvalue weighted by Crippen LogP contribution is -2.02. The number of pyridine rings is 1. The number of aromatic amines is 1. The summed E-state index contributed by atoms with van der Waals surface area (Å²) >= 11 is 10.8. The molecule has 0 aliphatic carbocycles. The number of nitrogens with one attached hydrogen (secondary N) is 1. The summed E-state index contributed by atoms with van der Waals surface area (Å²) in [5, 5.41) is 0.367. The average Bonchev–Trinajstić information content (AvgIpc) is 2.72. The highest BCUT2D eigenvalue weighted by molar-refractivity contribution is 7.71. The van der Waals surface area contributed by atoms with Crippen LogP contribution in [0.5, 0.6) is 0 Å². The Bertz CT molecular complexity index is 888. The van der Waals surface area contributed by atoms with Crippen molar-refractivity contribution in [2.75, 3.05) is 0 Å². The SMILES string of the molecule is Fc1ccc(-n2c(=S)[nH]c3cc(Cl)cnc32)c(F)c1F. The van der Waals surface area contributed by atoms with E-state index in [1.165, 1.54) is 10.8 Å². The van der Waals surface area contributed by atoms with Gasteiger partial charge < -0.3 is 4.98 Å². The summed E-state index contributed by atoms with van der Waals surface area (Å²) < 4.78 is 41.4. The molecule has 0 saturated heterocycles. The quantitative estimate of drug-likeness (QED) is 0.540. The van der Waals surface area contributed by atoms with Gasteiger partial charge in [0.1, 0.15) is 0 Å². The molecule has 0 amide bonds. The minimum absolute atomic E-state index is 0.0969. The average molecular weight is 316 g/mol.